The van der Waals surface area contributed by atoms with Gasteiger partial charge in [-0.1, -0.05) is 31.4 Å². The van der Waals surface area contributed by atoms with Crippen LogP contribution in [0.1, 0.15) is 62.3 Å². The van der Waals surface area contributed by atoms with Crippen molar-refractivity contribution in [1.29, 1.82) is 0 Å². The number of carbonyl (C=O) groups is 1. The number of amides is 1. The Morgan fingerprint density at radius 2 is 2.04 bits per heavy atom. The van der Waals surface area contributed by atoms with Crippen LogP contribution in [0.3, 0.4) is 0 Å². The van der Waals surface area contributed by atoms with E-state index in [2.05, 4.69) is 32.7 Å². The fourth-order valence-electron chi connectivity index (χ4n) is 8.27. The van der Waals surface area contributed by atoms with Gasteiger partial charge >= 0.3 is 6.01 Å². The number of aromatic nitrogens is 4. The molecule has 2 aromatic heterocycles. The lowest BCUT2D eigenvalue weighted by molar-refractivity contribution is -0.129. The van der Waals surface area contributed by atoms with Crippen LogP contribution in [0.5, 0.6) is 11.8 Å². The van der Waals surface area contributed by atoms with E-state index in [0.717, 1.165) is 49.8 Å². The van der Waals surface area contributed by atoms with E-state index in [1.807, 2.05) is 24.9 Å². The number of carbonyl (C=O) groups excluding carboxylic acids is 1. The van der Waals surface area contributed by atoms with Gasteiger partial charge in [0.05, 0.1) is 40.6 Å². The van der Waals surface area contributed by atoms with Crippen molar-refractivity contribution < 1.29 is 23.0 Å². The van der Waals surface area contributed by atoms with Crippen molar-refractivity contribution in [2.75, 3.05) is 55.0 Å². The number of fused-ring (bicyclic) bond motifs is 2. The highest BCUT2D eigenvalue weighted by molar-refractivity contribution is 5.87. The zero-order valence-corrected chi connectivity index (χ0v) is 29.2. The summed E-state index contributed by atoms with van der Waals surface area (Å²) in [7, 11) is 1.81. The van der Waals surface area contributed by atoms with Gasteiger partial charge in [0.1, 0.15) is 25.2 Å². The molecule has 0 spiro atoms. The second-order valence-corrected chi connectivity index (χ2v) is 14.3. The van der Waals surface area contributed by atoms with Gasteiger partial charge in [0.25, 0.3) is 0 Å². The Bertz CT molecular complexity index is 1830. The quantitative estimate of drug-likeness (QED) is 0.232. The van der Waals surface area contributed by atoms with Crippen LogP contribution in [0.25, 0.3) is 0 Å². The summed E-state index contributed by atoms with van der Waals surface area (Å²) in [4.78, 5) is 36.9. The average Bonchev–Trinajstić information content (AvgIpc) is 3.76. The smallest absolute Gasteiger partial charge is 0.318 e. The molecule has 1 aliphatic carbocycles. The lowest BCUT2D eigenvalue weighted by Crippen LogP contribution is -2.51. The Morgan fingerprint density at radius 3 is 2.78 bits per heavy atom. The van der Waals surface area contributed by atoms with E-state index in [4.69, 9.17) is 25.9 Å². The second-order valence-electron chi connectivity index (χ2n) is 14.3. The fourth-order valence-corrected chi connectivity index (χ4v) is 8.27. The van der Waals surface area contributed by atoms with Gasteiger partial charge in [-0.2, -0.15) is 9.97 Å². The number of halogens is 2. The predicted octanol–water partition coefficient (Wildman–Crippen LogP) is 4.90. The van der Waals surface area contributed by atoms with Gasteiger partial charge in [-0.05, 0) is 56.4 Å². The van der Waals surface area contributed by atoms with E-state index in [-0.39, 0.29) is 43.1 Å². The predicted molar refractivity (Wildman–Crippen MR) is 190 cm³/mol. The maximum Gasteiger partial charge on any atom is 0.318 e. The molecule has 1 aromatic carbocycles. The SMILES string of the molecule is C#Cc1c(F)ccc2c1N([C@@H]1COc3c(nc(OC[C@]4(C)C[C@@H](F)CN4c4ncccn4)nc3NCC3(N(C)C(=O)C=C)CCCC3)C1)CCC2. The highest BCUT2D eigenvalue weighted by atomic mass is 19.1. The number of nitrogens with zero attached hydrogens (tertiary/aromatic N) is 7. The van der Waals surface area contributed by atoms with Crippen LogP contribution in [0.4, 0.5) is 26.2 Å². The molecule has 5 heterocycles. The lowest BCUT2D eigenvalue weighted by atomic mass is 9.94. The third-order valence-electron chi connectivity index (χ3n) is 11.0. The summed E-state index contributed by atoms with van der Waals surface area (Å²) >= 11 is 0. The van der Waals surface area contributed by atoms with Gasteiger partial charge < -0.3 is 29.5 Å². The zero-order valence-electron chi connectivity index (χ0n) is 29.2. The van der Waals surface area contributed by atoms with Crippen molar-refractivity contribution in [3.63, 3.8) is 0 Å². The van der Waals surface area contributed by atoms with E-state index in [9.17, 15) is 13.6 Å². The molecule has 3 aromatic rings. The molecule has 1 amide bonds. The lowest BCUT2D eigenvalue weighted by Gasteiger charge is -2.41. The van der Waals surface area contributed by atoms with E-state index in [1.54, 1.807) is 23.4 Å². The molecular formula is C38H44F2N8O3. The molecule has 2 fully saturated rings. The Morgan fingerprint density at radius 1 is 1.25 bits per heavy atom. The van der Waals surface area contributed by atoms with E-state index >= 15 is 0 Å². The molecule has 1 saturated carbocycles. The van der Waals surface area contributed by atoms with Crippen LogP contribution < -0.4 is 24.6 Å². The molecule has 1 saturated heterocycles. The van der Waals surface area contributed by atoms with Crippen LogP contribution >= 0.6 is 0 Å². The number of aryl methyl sites for hydroxylation is 1. The van der Waals surface area contributed by atoms with Crippen LogP contribution in [-0.2, 0) is 17.6 Å². The van der Waals surface area contributed by atoms with Crippen molar-refractivity contribution in [3.8, 4) is 24.1 Å². The molecular weight excluding hydrogens is 654 g/mol. The van der Waals surface area contributed by atoms with Crippen molar-refractivity contribution in [2.45, 2.75) is 81.6 Å². The highest BCUT2D eigenvalue weighted by Gasteiger charge is 2.45. The number of hydrogen-bond donors (Lipinski definition) is 1. The number of nitrogens with one attached hydrogen (secondary N) is 1. The molecule has 51 heavy (non-hydrogen) atoms. The summed E-state index contributed by atoms with van der Waals surface area (Å²) in [6.07, 6.45) is 15.4. The van der Waals surface area contributed by atoms with Crippen molar-refractivity contribution in [1.82, 2.24) is 24.8 Å². The first-order valence-corrected chi connectivity index (χ1v) is 17.7. The summed E-state index contributed by atoms with van der Waals surface area (Å²) in [5.74, 6) is 3.41. The molecule has 7 rings (SSSR count). The number of ether oxygens (including phenoxy) is 2. The third kappa shape index (κ3) is 6.52. The molecule has 3 atom stereocenters. The maximum absolute atomic E-state index is 14.9. The monoisotopic (exact) mass is 698 g/mol. The van der Waals surface area contributed by atoms with Crippen molar-refractivity contribution in [3.05, 3.63) is 65.9 Å². The number of benzene rings is 1. The second kappa shape index (κ2) is 14.0. The Labute approximate surface area is 297 Å². The first kappa shape index (κ1) is 34.5. The largest absolute Gasteiger partial charge is 0.486 e. The van der Waals surface area contributed by atoms with E-state index in [0.29, 0.717) is 49.3 Å². The van der Waals surface area contributed by atoms with Crippen LogP contribution in [0, 0.1) is 18.2 Å². The fraction of sp³-hybridized carbons (Fsp3) is 0.500. The number of anilines is 3. The first-order valence-electron chi connectivity index (χ1n) is 17.7. The molecule has 3 aliphatic heterocycles. The molecule has 11 nitrogen and oxygen atoms in total. The normalized spacial score (nSPS) is 23.4. The molecule has 1 N–H and O–H groups in total. The van der Waals surface area contributed by atoms with Crippen LogP contribution in [-0.4, -0.2) is 93.9 Å². The third-order valence-corrected chi connectivity index (χ3v) is 11.0. The number of likely N-dealkylation sites (N-methyl/N-ethyl adjacent to an activating group) is 1. The van der Waals surface area contributed by atoms with Crippen molar-refractivity contribution in [2.24, 2.45) is 0 Å². The van der Waals surface area contributed by atoms with Gasteiger partial charge in [0.2, 0.25) is 11.9 Å². The molecule has 0 bridgehead atoms. The summed E-state index contributed by atoms with van der Waals surface area (Å²) in [6.45, 7) is 7.29. The molecule has 0 radical (unpaired) electrons. The van der Waals surface area contributed by atoms with Crippen LogP contribution in [0.2, 0.25) is 0 Å². The van der Waals surface area contributed by atoms with Crippen molar-refractivity contribution >= 4 is 23.4 Å². The Kier molecular flexibility index (Phi) is 9.44. The maximum atomic E-state index is 14.9. The number of hydrogen-bond acceptors (Lipinski definition) is 10. The van der Waals surface area contributed by atoms with E-state index in [1.165, 1.54) is 12.1 Å². The van der Waals surface area contributed by atoms with Gasteiger partial charge in [-0.3, -0.25) is 4.79 Å². The van der Waals surface area contributed by atoms with Gasteiger partial charge in [0.15, 0.2) is 11.6 Å². The minimum atomic E-state index is -1.08. The minimum Gasteiger partial charge on any atom is -0.486 e. The Balaban J connectivity index is 1.20. The molecule has 4 aliphatic rings. The van der Waals surface area contributed by atoms with Crippen LogP contribution in [0.15, 0.2) is 43.2 Å². The summed E-state index contributed by atoms with van der Waals surface area (Å²) in [5, 5.41) is 3.51. The molecule has 268 valence electrons. The van der Waals surface area contributed by atoms with Gasteiger partial charge in [-0.15, -0.1) is 6.42 Å². The number of terminal acetylenes is 1. The number of rotatable bonds is 10. The Hall–Kier alpha value is -4.99. The standard InChI is InChI=1S/C38H44F2N8O3/c1-5-28-29(40)13-12-25-11-9-18-47(32(25)28)27-19-30-33(50-22-27)34(43-23-38(14-7-8-15-38)46(4)31(49)6-2)45-36(44-30)51-24-37(3)20-26(39)21-48(37)35-41-16-10-17-42-35/h1,6,10,12-13,16-17,26-27H,2,7-9,11,14-15,18-24H2,3-4H3,(H,43,44,45)/t26-,27+,37+/m1/s1. The highest BCUT2D eigenvalue weighted by Crippen LogP contribution is 2.41. The zero-order chi connectivity index (χ0) is 35.8. The number of alkyl halides is 1. The first-order chi connectivity index (χ1) is 24.6. The molecule has 13 heteroatoms. The summed E-state index contributed by atoms with van der Waals surface area (Å²) in [6, 6.07) is 4.91. The van der Waals surface area contributed by atoms with Gasteiger partial charge in [-0.25, -0.2) is 18.7 Å². The average molecular weight is 699 g/mol. The minimum absolute atomic E-state index is 0.0823. The van der Waals surface area contributed by atoms with Gasteiger partial charge in [0, 0.05) is 45.4 Å². The topological polar surface area (TPSA) is 109 Å². The summed E-state index contributed by atoms with van der Waals surface area (Å²) < 4.78 is 42.6. The molecule has 0 unspecified atom stereocenters. The summed E-state index contributed by atoms with van der Waals surface area (Å²) in [5.41, 5.74) is 1.44. The van der Waals surface area contributed by atoms with E-state index < -0.39 is 23.1 Å².